The Morgan fingerprint density at radius 2 is 2.12 bits per heavy atom. The van der Waals surface area contributed by atoms with Gasteiger partial charge in [0.2, 0.25) is 0 Å². The molecule has 1 fully saturated rings. The van der Waals surface area contributed by atoms with Gasteiger partial charge in [0.15, 0.2) is 0 Å². The van der Waals surface area contributed by atoms with E-state index in [1.165, 1.54) is 11.8 Å². The van der Waals surface area contributed by atoms with E-state index in [0.717, 1.165) is 37.1 Å². The predicted octanol–water partition coefficient (Wildman–Crippen LogP) is 3.03. The van der Waals surface area contributed by atoms with Crippen molar-refractivity contribution < 1.29 is 14.3 Å². The number of oxazole rings is 1. The molecule has 2 unspecified atom stereocenters. The molecule has 2 rings (SSSR count). The second-order valence-corrected chi connectivity index (χ2v) is 5.70. The Labute approximate surface area is 105 Å². The molecule has 0 aromatic carbocycles. The Bertz CT molecular complexity index is 396. The number of thioether (sulfide) groups is 1. The first-order valence-corrected chi connectivity index (χ1v) is 6.79. The number of aryl methyl sites for hydroxylation is 2. The molecule has 0 saturated heterocycles. The van der Waals surface area contributed by atoms with E-state index in [1.54, 1.807) is 0 Å². The SMILES string of the molecule is Cc1nc(SC2CCCCC2C(=O)O)oc1C. The fourth-order valence-corrected chi connectivity index (χ4v) is 3.47. The van der Waals surface area contributed by atoms with Crippen LogP contribution in [0.15, 0.2) is 9.64 Å². The van der Waals surface area contributed by atoms with Gasteiger partial charge in [-0.15, -0.1) is 0 Å². The molecule has 1 aromatic heterocycles. The molecule has 1 aliphatic carbocycles. The Kier molecular flexibility index (Phi) is 3.76. The van der Waals surface area contributed by atoms with Gasteiger partial charge in [-0.25, -0.2) is 4.98 Å². The van der Waals surface area contributed by atoms with Gasteiger partial charge in [0.25, 0.3) is 5.22 Å². The molecule has 1 N–H and O–H groups in total. The zero-order valence-electron chi connectivity index (χ0n) is 10.1. The van der Waals surface area contributed by atoms with Gasteiger partial charge in [-0.3, -0.25) is 4.79 Å². The zero-order chi connectivity index (χ0) is 12.4. The minimum absolute atomic E-state index is 0.0960. The van der Waals surface area contributed by atoms with Crippen LogP contribution in [0.5, 0.6) is 0 Å². The summed E-state index contributed by atoms with van der Waals surface area (Å²) in [5.74, 6) is -0.140. The summed E-state index contributed by atoms with van der Waals surface area (Å²) in [6, 6.07) is 0. The third kappa shape index (κ3) is 2.83. The molecule has 1 saturated carbocycles. The van der Waals surface area contributed by atoms with Crippen molar-refractivity contribution in [1.29, 1.82) is 0 Å². The van der Waals surface area contributed by atoms with Gasteiger partial charge >= 0.3 is 5.97 Å². The fourth-order valence-electron chi connectivity index (χ4n) is 2.14. The summed E-state index contributed by atoms with van der Waals surface area (Å²) < 4.78 is 5.50. The maximum atomic E-state index is 11.2. The van der Waals surface area contributed by atoms with Crippen LogP contribution >= 0.6 is 11.8 Å². The standard InChI is InChI=1S/C12H17NO3S/c1-7-8(2)16-12(13-7)17-10-6-4-3-5-9(10)11(14)15/h9-10H,3-6H2,1-2H3,(H,14,15). The van der Waals surface area contributed by atoms with E-state index >= 15 is 0 Å². The lowest BCUT2D eigenvalue weighted by Gasteiger charge is -2.26. The first-order valence-electron chi connectivity index (χ1n) is 5.91. The fraction of sp³-hybridized carbons (Fsp3) is 0.667. The number of carbonyl (C=O) groups is 1. The van der Waals surface area contributed by atoms with Crippen molar-refractivity contribution in [3.8, 4) is 0 Å². The zero-order valence-corrected chi connectivity index (χ0v) is 10.9. The van der Waals surface area contributed by atoms with Crippen LogP contribution in [0.2, 0.25) is 0 Å². The Morgan fingerprint density at radius 1 is 1.41 bits per heavy atom. The highest BCUT2D eigenvalue weighted by molar-refractivity contribution is 7.99. The summed E-state index contributed by atoms with van der Waals surface area (Å²) in [4.78, 5) is 15.5. The van der Waals surface area contributed by atoms with E-state index in [1.807, 2.05) is 13.8 Å². The molecule has 0 spiro atoms. The van der Waals surface area contributed by atoms with Crippen molar-refractivity contribution in [2.75, 3.05) is 0 Å². The third-order valence-electron chi connectivity index (χ3n) is 3.28. The molecule has 1 aliphatic rings. The van der Waals surface area contributed by atoms with Gasteiger partial charge in [-0.2, -0.15) is 0 Å². The summed E-state index contributed by atoms with van der Waals surface area (Å²) in [5.41, 5.74) is 0.884. The number of hydrogen-bond acceptors (Lipinski definition) is 4. The quantitative estimate of drug-likeness (QED) is 0.899. The van der Waals surface area contributed by atoms with Crippen LogP contribution in [-0.4, -0.2) is 21.3 Å². The lowest BCUT2D eigenvalue weighted by atomic mass is 9.89. The van der Waals surface area contributed by atoms with E-state index in [2.05, 4.69) is 4.98 Å². The van der Waals surface area contributed by atoms with Gasteiger partial charge < -0.3 is 9.52 Å². The van der Waals surface area contributed by atoms with Gasteiger partial charge in [0.1, 0.15) is 5.76 Å². The molecule has 0 aliphatic heterocycles. The first kappa shape index (κ1) is 12.5. The van der Waals surface area contributed by atoms with Crippen molar-refractivity contribution in [1.82, 2.24) is 4.98 Å². The average molecular weight is 255 g/mol. The minimum atomic E-state index is -0.692. The first-order chi connectivity index (χ1) is 8.08. The van der Waals surface area contributed by atoms with Crippen molar-refractivity contribution in [3.05, 3.63) is 11.5 Å². The molecule has 17 heavy (non-hydrogen) atoms. The topological polar surface area (TPSA) is 63.3 Å². The maximum Gasteiger partial charge on any atom is 0.307 e. The van der Waals surface area contributed by atoms with Crippen molar-refractivity contribution in [2.24, 2.45) is 5.92 Å². The monoisotopic (exact) mass is 255 g/mol. The molecule has 5 heteroatoms. The molecule has 1 heterocycles. The number of rotatable bonds is 3. The van der Waals surface area contributed by atoms with Crippen LogP contribution in [0.4, 0.5) is 0 Å². The van der Waals surface area contributed by atoms with Crippen molar-refractivity contribution >= 4 is 17.7 Å². The Balaban J connectivity index is 2.07. The summed E-state index contributed by atoms with van der Waals surface area (Å²) in [6.07, 6.45) is 3.81. The second-order valence-electron chi connectivity index (χ2n) is 4.51. The summed E-state index contributed by atoms with van der Waals surface area (Å²) in [5, 5.41) is 9.89. The summed E-state index contributed by atoms with van der Waals surface area (Å²) in [7, 11) is 0. The average Bonchev–Trinajstić information content (AvgIpc) is 2.58. The smallest absolute Gasteiger partial charge is 0.307 e. The number of nitrogens with zero attached hydrogens (tertiary/aromatic N) is 1. The Hall–Kier alpha value is -0.970. The van der Waals surface area contributed by atoms with E-state index in [4.69, 9.17) is 4.42 Å². The molecule has 1 aromatic rings. The predicted molar refractivity (Wildman–Crippen MR) is 65.2 cm³/mol. The molecular weight excluding hydrogens is 238 g/mol. The number of aliphatic carboxylic acids is 1. The van der Waals surface area contributed by atoms with E-state index in [9.17, 15) is 9.90 Å². The molecule has 2 atom stereocenters. The van der Waals surface area contributed by atoms with Crippen LogP contribution in [0, 0.1) is 19.8 Å². The van der Waals surface area contributed by atoms with Crippen LogP contribution < -0.4 is 0 Å². The second kappa shape index (κ2) is 5.12. The molecule has 0 amide bonds. The molecule has 94 valence electrons. The van der Waals surface area contributed by atoms with Crippen molar-refractivity contribution in [2.45, 2.75) is 50.0 Å². The highest BCUT2D eigenvalue weighted by Gasteiger charge is 2.32. The maximum absolute atomic E-state index is 11.2. The molecule has 0 bridgehead atoms. The Morgan fingerprint density at radius 3 is 2.71 bits per heavy atom. The van der Waals surface area contributed by atoms with Gasteiger partial charge in [-0.05, 0) is 26.7 Å². The van der Waals surface area contributed by atoms with Crippen LogP contribution in [0.1, 0.15) is 37.1 Å². The number of carboxylic acid groups (broad SMARTS) is 1. The largest absolute Gasteiger partial charge is 0.481 e. The summed E-state index contributed by atoms with van der Waals surface area (Å²) >= 11 is 1.48. The number of carboxylic acids is 1. The van der Waals surface area contributed by atoms with Crippen LogP contribution in [-0.2, 0) is 4.79 Å². The van der Waals surface area contributed by atoms with Crippen LogP contribution in [0.25, 0.3) is 0 Å². The van der Waals surface area contributed by atoms with Gasteiger partial charge in [-0.1, -0.05) is 24.6 Å². The highest BCUT2D eigenvalue weighted by atomic mass is 32.2. The van der Waals surface area contributed by atoms with E-state index in [0.29, 0.717) is 5.22 Å². The lowest BCUT2D eigenvalue weighted by Crippen LogP contribution is -2.29. The van der Waals surface area contributed by atoms with Crippen molar-refractivity contribution in [3.63, 3.8) is 0 Å². The van der Waals surface area contributed by atoms with Gasteiger partial charge in [0.05, 0.1) is 11.6 Å². The molecule has 4 nitrogen and oxygen atoms in total. The van der Waals surface area contributed by atoms with E-state index < -0.39 is 5.97 Å². The normalized spacial score (nSPS) is 24.8. The minimum Gasteiger partial charge on any atom is -0.481 e. The molecular formula is C12H17NO3S. The molecule has 0 radical (unpaired) electrons. The lowest BCUT2D eigenvalue weighted by molar-refractivity contribution is -0.142. The van der Waals surface area contributed by atoms with Crippen LogP contribution in [0.3, 0.4) is 0 Å². The summed E-state index contributed by atoms with van der Waals surface area (Å²) in [6.45, 7) is 3.78. The third-order valence-corrected chi connectivity index (χ3v) is 4.52. The van der Waals surface area contributed by atoms with Gasteiger partial charge in [0, 0.05) is 5.25 Å². The number of hydrogen-bond donors (Lipinski definition) is 1. The highest BCUT2D eigenvalue weighted by Crippen LogP contribution is 2.37. The van der Waals surface area contributed by atoms with E-state index in [-0.39, 0.29) is 11.2 Å². The number of aromatic nitrogens is 1.